The smallest absolute Gasteiger partial charge is 0.240 e. The number of methoxy groups -OCH3 is 2. The van der Waals surface area contributed by atoms with E-state index in [-0.39, 0.29) is 0 Å². The zero-order valence-corrected chi connectivity index (χ0v) is 10.8. The van der Waals surface area contributed by atoms with Gasteiger partial charge in [0.1, 0.15) is 0 Å². The number of pyridine rings is 1. The monoisotopic (exact) mass is 256 g/mol. The third-order valence-electron chi connectivity index (χ3n) is 2.18. The van der Waals surface area contributed by atoms with E-state index in [1.165, 1.54) is 0 Å². The van der Waals surface area contributed by atoms with E-state index in [9.17, 15) is 0 Å². The van der Waals surface area contributed by atoms with Gasteiger partial charge in [-0.1, -0.05) is 0 Å². The van der Waals surface area contributed by atoms with Crippen LogP contribution in [0.15, 0.2) is 12.1 Å². The Hall–Kier alpha value is -1.53. The van der Waals surface area contributed by atoms with Crippen LogP contribution in [-0.4, -0.2) is 45.6 Å². The fraction of sp³-hybridized carbons (Fsp3) is 0.583. The third-order valence-corrected chi connectivity index (χ3v) is 2.18. The first-order valence-corrected chi connectivity index (χ1v) is 5.78. The molecule has 1 rings (SSSR count). The summed E-state index contributed by atoms with van der Waals surface area (Å²) < 4.78 is 20.6. The van der Waals surface area contributed by atoms with Gasteiger partial charge in [-0.3, -0.25) is 0 Å². The Morgan fingerprint density at radius 2 is 1.94 bits per heavy atom. The third kappa shape index (κ3) is 5.20. The summed E-state index contributed by atoms with van der Waals surface area (Å²) in [6.45, 7) is 2.31. The fourth-order valence-corrected chi connectivity index (χ4v) is 1.24. The molecule has 0 unspecified atom stereocenters. The van der Waals surface area contributed by atoms with Crippen LogP contribution >= 0.6 is 0 Å². The Balaban J connectivity index is 2.22. The van der Waals surface area contributed by atoms with Gasteiger partial charge in [0.25, 0.3) is 0 Å². The summed E-state index contributed by atoms with van der Waals surface area (Å²) in [5.74, 6) is 0.877. The maximum absolute atomic E-state index is 5.73. The molecular formula is C12H20N2O4. The van der Waals surface area contributed by atoms with Crippen molar-refractivity contribution in [3.63, 3.8) is 0 Å². The van der Waals surface area contributed by atoms with Gasteiger partial charge >= 0.3 is 0 Å². The maximum Gasteiger partial charge on any atom is 0.240 e. The van der Waals surface area contributed by atoms with E-state index >= 15 is 0 Å². The lowest BCUT2D eigenvalue weighted by atomic mass is 10.4. The number of aromatic nitrogens is 1. The Labute approximate surface area is 107 Å². The number of anilines is 1. The van der Waals surface area contributed by atoms with Crippen LogP contribution in [0.3, 0.4) is 0 Å². The van der Waals surface area contributed by atoms with E-state index in [4.69, 9.17) is 24.7 Å². The zero-order chi connectivity index (χ0) is 13.2. The number of nitrogen functional groups attached to an aromatic ring is 1. The van der Waals surface area contributed by atoms with Crippen LogP contribution in [0.1, 0.15) is 6.42 Å². The van der Waals surface area contributed by atoms with E-state index in [2.05, 4.69) is 4.98 Å². The quantitative estimate of drug-likeness (QED) is 0.667. The average molecular weight is 256 g/mol. The molecular weight excluding hydrogens is 236 g/mol. The molecule has 1 heterocycles. The van der Waals surface area contributed by atoms with Crippen LogP contribution in [0.4, 0.5) is 5.69 Å². The van der Waals surface area contributed by atoms with E-state index in [0.717, 1.165) is 6.42 Å². The highest BCUT2D eigenvalue weighted by molar-refractivity contribution is 5.49. The van der Waals surface area contributed by atoms with Gasteiger partial charge in [0, 0.05) is 26.2 Å². The van der Waals surface area contributed by atoms with Crippen LogP contribution in [0.2, 0.25) is 0 Å². The number of ether oxygens (including phenoxy) is 4. The minimum atomic E-state index is 0.395. The highest BCUT2D eigenvalue weighted by Crippen LogP contribution is 2.21. The lowest BCUT2D eigenvalue weighted by molar-refractivity contribution is 0.0642. The number of hydrogen-bond donors (Lipinski definition) is 1. The lowest BCUT2D eigenvalue weighted by Crippen LogP contribution is -2.08. The first-order valence-electron chi connectivity index (χ1n) is 5.78. The molecule has 2 N–H and O–H groups in total. The molecule has 0 spiro atoms. The van der Waals surface area contributed by atoms with Gasteiger partial charge in [0.05, 0.1) is 32.6 Å². The Kier molecular flexibility index (Phi) is 6.90. The molecule has 0 aliphatic rings. The Morgan fingerprint density at radius 3 is 2.67 bits per heavy atom. The molecule has 1 aromatic heterocycles. The maximum atomic E-state index is 5.73. The summed E-state index contributed by atoms with van der Waals surface area (Å²) in [6, 6.07) is 3.40. The van der Waals surface area contributed by atoms with Crippen molar-refractivity contribution in [2.45, 2.75) is 6.42 Å². The largest absolute Gasteiger partial charge is 0.481 e. The normalized spacial score (nSPS) is 10.3. The second kappa shape index (κ2) is 8.54. The first-order chi connectivity index (χ1) is 8.77. The van der Waals surface area contributed by atoms with E-state index in [0.29, 0.717) is 43.9 Å². The van der Waals surface area contributed by atoms with Crippen molar-refractivity contribution in [2.75, 3.05) is 46.4 Å². The standard InChI is InChI=1S/C12H20N2O4/c1-15-8-9-17-6-3-7-18-12-10(13)4-5-11(14-12)16-2/h4-5H,3,6-9,13H2,1-2H3. The van der Waals surface area contributed by atoms with Gasteiger partial charge in [-0.2, -0.15) is 4.98 Å². The second-order valence-electron chi connectivity index (χ2n) is 3.56. The van der Waals surface area contributed by atoms with Crippen molar-refractivity contribution in [3.8, 4) is 11.8 Å². The van der Waals surface area contributed by atoms with Crippen LogP contribution in [0, 0.1) is 0 Å². The Morgan fingerprint density at radius 1 is 1.11 bits per heavy atom. The lowest BCUT2D eigenvalue weighted by Gasteiger charge is -2.09. The molecule has 1 aromatic rings. The van der Waals surface area contributed by atoms with Crippen molar-refractivity contribution in [1.29, 1.82) is 0 Å². The molecule has 0 atom stereocenters. The van der Waals surface area contributed by atoms with E-state index in [1.807, 2.05) is 0 Å². The Bertz CT molecular complexity index is 347. The predicted octanol–water partition coefficient (Wildman–Crippen LogP) is 1.10. The molecule has 0 amide bonds. The topological polar surface area (TPSA) is 75.8 Å². The summed E-state index contributed by atoms with van der Waals surface area (Å²) in [5, 5.41) is 0. The molecule has 0 bridgehead atoms. The number of rotatable bonds is 9. The second-order valence-corrected chi connectivity index (χ2v) is 3.56. The van der Waals surface area contributed by atoms with Gasteiger partial charge in [-0.25, -0.2) is 0 Å². The molecule has 0 saturated carbocycles. The molecule has 0 radical (unpaired) electrons. The molecule has 6 nitrogen and oxygen atoms in total. The predicted molar refractivity (Wildman–Crippen MR) is 68.0 cm³/mol. The summed E-state index contributed by atoms with van der Waals surface area (Å²) in [6.07, 6.45) is 0.766. The number of nitrogens with zero attached hydrogens (tertiary/aromatic N) is 1. The van der Waals surface area contributed by atoms with Gasteiger partial charge in [0.15, 0.2) is 0 Å². The van der Waals surface area contributed by atoms with Gasteiger partial charge in [-0.15, -0.1) is 0 Å². The molecule has 18 heavy (non-hydrogen) atoms. The minimum absolute atomic E-state index is 0.395. The first kappa shape index (κ1) is 14.5. The van der Waals surface area contributed by atoms with E-state index in [1.54, 1.807) is 26.4 Å². The molecule has 102 valence electrons. The van der Waals surface area contributed by atoms with Crippen LogP contribution in [0.25, 0.3) is 0 Å². The van der Waals surface area contributed by atoms with Crippen LogP contribution in [-0.2, 0) is 9.47 Å². The van der Waals surface area contributed by atoms with Crippen molar-refractivity contribution in [2.24, 2.45) is 0 Å². The molecule has 0 aliphatic carbocycles. The SMILES string of the molecule is COCCOCCCOc1nc(OC)ccc1N. The van der Waals surface area contributed by atoms with E-state index < -0.39 is 0 Å². The molecule has 6 heteroatoms. The fourth-order valence-electron chi connectivity index (χ4n) is 1.24. The highest BCUT2D eigenvalue weighted by atomic mass is 16.5. The highest BCUT2D eigenvalue weighted by Gasteiger charge is 2.04. The van der Waals surface area contributed by atoms with Gasteiger partial charge < -0.3 is 24.7 Å². The van der Waals surface area contributed by atoms with Crippen molar-refractivity contribution in [3.05, 3.63) is 12.1 Å². The zero-order valence-electron chi connectivity index (χ0n) is 10.8. The summed E-state index contributed by atoms with van der Waals surface area (Å²) in [7, 11) is 3.19. The van der Waals surface area contributed by atoms with Gasteiger partial charge in [-0.05, 0) is 6.07 Å². The molecule has 0 saturated heterocycles. The molecule has 0 fully saturated rings. The summed E-state index contributed by atoms with van der Waals surface area (Å²) >= 11 is 0. The van der Waals surface area contributed by atoms with Crippen LogP contribution < -0.4 is 15.2 Å². The number of hydrogen-bond acceptors (Lipinski definition) is 6. The van der Waals surface area contributed by atoms with Crippen molar-refractivity contribution < 1.29 is 18.9 Å². The average Bonchev–Trinajstić information content (AvgIpc) is 2.39. The summed E-state index contributed by atoms with van der Waals surface area (Å²) in [5.41, 5.74) is 6.23. The van der Waals surface area contributed by atoms with Crippen molar-refractivity contribution in [1.82, 2.24) is 4.98 Å². The summed E-state index contributed by atoms with van der Waals surface area (Å²) in [4.78, 5) is 4.11. The van der Waals surface area contributed by atoms with Gasteiger partial charge in [0.2, 0.25) is 11.8 Å². The molecule has 0 aromatic carbocycles. The van der Waals surface area contributed by atoms with Crippen LogP contribution in [0.5, 0.6) is 11.8 Å². The van der Waals surface area contributed by atoms with Crippen molar-refractivity contribution >= 4 is 5.69 Å². The minimum Gasteiger partial charge on any atom is -0.481 e. The molecule has 0 aliphatic heterocycles. The number of nitrogens with two attached hydrogens (primary N) is 1.